The Labute approximate surface area is 106 Å². The highest BCUT2D eigenvalue weighted by Gasteiger charge is 2.30. The molecule has 1 amide bonds. The highest BCUT2D eigenvalue weighted by atomic mass is 35.5. The van der Waals surface area contributed by atoms with E-state index in [1.807, 2.05) is 30.0 Å². The minimum absolute atomic E-state index is 0.145. The number of hydrogen-bond donors (Lipinski definition) is 0. The zero-order chi connectivity index (χ0) is 12.4. The molecule has 1 saturated heterocycles. The molecule has 1 aliphatic heterocycles. The number of amides is 1. The van der Waals surface area contributed by atoms with E-state index in [0.717, 1.165) is 17.0 Å². The molecule has 0 N–H and O–H groups in total. The fraction of sp³-hybridized carbons (Fsp3) is 0.462. The number of methoxy groups -OCH3 is 1. The van der Waals surface area contributed by atoms with Gasteiger partial charge in [-0.15, -0.1) is 11.6 Å². The lowest BCUT2D eigenvalue weighted by molar-refractivity contribution is -0.117. The van der Waals surface area contributed by atoms with E-state index >= 15 is 0 Å². The van der Waals surface area contributed by atoms with Gasteiger partial charge in [0.15, 0.2) is 0 Å². The van der Waals surface area contributed by atoms with Crippen molar-refractivity contribution in [2.45, 2.75) is 13.3 Å². The van der Waals surface area contributed by atoms with Crippen molar-refractivity contribution in [2.75, 3.05) is 24.4 Å². The molecule has 1 aliphatic rings. The van der Waals surface area contributed by atoms with Crippen LogP contribution in [0, 0.1) is 12.8 Å². The number of halogens is 1. The molecule has 1 aromatic rings. The zero-order valence-electron chi connectivity index (χ0n) is 10.1. The molecular weight excluding hydrogens is 238 g/mol. The van der Waals surface area contributed by atoms with Gasteiger partial charge in [-0.1, -0.05) is 6.07 Å². The summed E-state index contributed by atoms with van der Waals surface area (Å²) in [6, 6.07) is 5.78. The first-order chi connectivity index (χ1) is 8.15. The van der Waals surface area contributed by atoms with Crippen LogP contribution in [0.3, 0.4) is 0 Å². The summed E-state index contributed by atoms with van der Waals surface area (Å²) in [5.41, 5.74) is 2.01. The zero-order valence-corrected chi connectivity index (χ0v) is 10.8. The summed E-state index contributed by atoms with van der Waals surface area (Å²) < 4.78 is 5.19. The number of carbonyl (C=O) groups excluding carboxylic acids is 1. The van der Waals surface area contributed by atoms with Crippen LogP contribution in [0.2, 0.25) is 0 Å². The summed E-state index contributed by atoms with van der Waals surface area (Å²) in [6.07, 6.45) is 0.542. The third-order valence-corrected chi connectivity index (χ3v) is 3.57. The Bertz CT molecular complexity index is 433. The minimum atomic E-state index is 0.145. The Balaban J connectivity index is 2.30. The molecule has 3 nitrogen and oxygen atoms in total. The fourth-order valence-corrected chi connectivity index (χ4v) is 2.33. The Kier molecular flexibility index (Phi) is 3.57. The molecule has 0 spiro atoms. The minimum Gasteiger partial charge on any atom is -0.497 e. The molecule has 0 aliphatic carbocycles. The predicted octanol–water partition coefficient (Wildman–Crippen LogP) is 2.60. The quantitative estimate of drug-likeness (QED) is 0.775. The van der Waals surface area contributed by atoms with Crippen LogP contribution in [-0.2, 0) is 4.79 Å². The summed E-state index contributed by atoms with van der Waals surface area (Å²) in [7, 11) is 1.63. The van der Waals surface area contributed by atoms with Gasteiger partial charge in [-0.3, -0.25) is 4.79 Å². The van der Waals surface area contributed by atoms with Gasteiger partial charge in [-0.2, -0.15) is 0 Å². The van der Waals surface area contributed by atoms with Gasteiger partial charge >= 0.3 is 0 Å². The molecule has 0 aromatic heterocycles. The maximum atomic E-state index is 11.9. The number of aryl methyl sites for hydroxylation is 1. The lowest BCUT2D eigenvalue weighted by Crippen LogP contribution is -2.25. The highest BCUT2D eigenvalue weighted by Crippen LogP contribution is 2.31. The third kappa shape index (κ3) is 2.39. The summed E-state index contributed by atoms with van der Waals surface area (Å²) in [6.45, 7) is 2.70. The molecule has 0 radical (unpaired) electrons. The average molecular weight is 254 g/mol. The molecule has 4 heteroatoms. The Hall–Kier alpha value is -1.22. The van der Waals surface area contributed by atoms with Crippen LogP contribution < -0.4 is 9.64 Å². The van der Waals surface area contributed by atoms with Crippen LogP contribution in [0.25, 0.3) is 0 Å². The molecular formula is C13H16ClNO2. The van der Waals surface area contributed by atoms with E-state index in [0.29, 0.717) is 18.8 Å². The van der Waals surface area contributed by atoms with Gasteiger partial charge in [0.05, 0.1) is 12.8 Å². The van der Waals surface area contributed by atoms with E-state index in [9.17, 15) is 4.79 Å². The second-order valence-corrected chi connectivity index (χ2v) is 4.69. The maximum absolute atomic E-state index is 11.9. The second kappa shape index (κ2) is 4.96. The van der Waals surface area contributed by atoms with Gasteiger partial charge in [-0.05, 0) is 24.5 Å². The molecule has 1 fully saturated rings. The summed E-state index contributed by atoms with van der Waals surface area (Å²) in [5, 5.41) is 0. The molecule has 1 aromatic carbocycles. The lowest BCUT2D eigenvalue weighted by Gasteiger charge is -2.19. The largest absolute Gasteiger partial charge is 0.497 e. The predicted molar refractivity (Wildman–Crippen MR) is 68.9 cm³/mol. The standard InChI is InChI=1S/C13H16ClNO2/c1-9-3-4-11(17-2)6-12(9)15-8-10(7-14)5-13(15)16/h3-4,6,10H,5,7-8H2,1-2H3. The van der Waals surface area contributed by atoms with Crippen molar-refractivity contribution < 1.29 is 9.53 Å². The van der Waals surface area contributed by atoms with E-state index in [2.05, 4.69) is 0 Å². The van der Waals surface area contributed by atoms with Gasteiger partial charge < -0.3 is 9.64 Å². The van der Waals surface area contributed by atoms with Crippen molar-refractivity contribution in [1.29, 1.82) is 0 Å². The van der Waals surface area contributed by atoms with Crippen molar-refractivity contribution in [3.05, 3.63) is 23.8 Å². The molecule has 1 atom stereocenters. The van der Waals surface area contributed by atoms with Gasteiger partial charge in [0.1, 0.15) is 5.75 Å². The van der Waals surface area contributed by atoms with Crippen molar-refractivity contribution >= 4 is 23.2 Å². The Morgan fingerprint density at radius 1 is 1.53 bits per heavy atom. The van der Waals surface area contributed by atoms with Crippen LogP contribution in [-0.4, -0.2) is 25.4 Å². The lowest BCUT2D eigenvalue weighted by atomic mass is 10.1. The molecule has 1 unspecified atom stereocenters. The number of ether oxygens (including phenoxy) is 1. The van der Waals surface area contributed by atoms with E-state index in [4.69, 9.17) is 16.3 Å². The van der Waals surface area contributed by atoms with Crippen molar-refractivity contribution in [3.63, 3.8) is 0 Å². The summed E-state index contributed by atoms with van der Waals surface area (Å²) in [4.78, 5) is 13.7. The van der Waals surface area contributed by atoms with Crippen LogP contribution in [0.1, 0.15) is 12.0 Å². The first kappa shape index (κ1) is 12.2. The van der Waals surface area contributed by atoms with Crippen molar-refractivity contribution in [2.24, 2.45) is 5.92 Å². The van der Waals surface area contributed by atoms with E-state index in [1.165, 1.54) is 0 Å². The van der Waals surface area contributed by atoms with Crippen molar-refractivity contribution in [1.82, 2.24) is 0 Å². The molecule has 17 heavy (non-hydrogen) atoms. The van der Waals surface area contributed by atoms with Crippen molar-refractivity contribution in [3.8, 4) is 5.75 Å². The molecule has 2 rings (SSSR count). The van der Waals surface area contributed by atoms with Crippen LogP contribution in [0.5, 0.6) is 5.75 Å². The topological polar surface area (TPSA) is 29.5 Å². The smallest absolute Gasteiger partial charge is 0.227 e. The number of hydrogen-bond acceptors (Lipinski definition) is 2. The Morgan fingerprint density at radius 3 is 2.88 bits per heavy atom. The van der Waals surface area contributed by atoms with E-state index in [1.54, 1.807) is 7.11 Å². The SMILES string of the molecule is COc1ccc(C)c(N2CC(CCl)CC2=O)c1. The van der Waals surface area contributed by atoms with Crippen LogP contribution >= 0.6 is 11.6 Å². The third-order valence-electron chi connectivity index (χ3n) is 3.13. The fourth-order valence-electron chi connectivity index (χ4n) is 2.12. The number of carbonyl (C=O) groups is 1. The average Bonchev–Trinajstić information content (AvgIpc) is 2.71. The van der Waals surface area contributed by atoms with Gasteiger partial charge in [0.25, 0.3) is 0 Å². The molecule has 1 heterocycles. The maximum Gasteiger partial charge on any atom is 0.227 e. The summed E-state index contributed by atoms with van der Waals surface area (Å²) >= 11 is 5.82. The van der Waals surface area contributed by atoms with E-state index in [-0.39, 0.29) is 11.8 Å². The highest BCUT2D eigenvalue weighted by molar-refractivity contribution is 6.18. The van der Waals surface area contributed by atoms with Gasteiger partial charge in [-0.25, -0.2) is 0 Å². The molecule has 0 bridgehead atoms. The van der Waals surface area contributed by atoms with E-state index < -0.39 is 0 Å². The molecule has 92 valence electrons. The van der Waals surface area contributed by atoms with Crippen LogP contribution in [0.15, 0.2) is 18.2 Å². The monoisotopic (exact) mass is 253 g/mol. The normalized spacial score (nSPS) is 19.8. The molecule has 0 saturated carbocycles. The number of alkyl halides is 1. The van der Waals surface area contributed by atoms with Crippen LogP contribution in [0.4, 0.5) is 5.69 Å². The first-order valence-corrected chi connectivity index (χ1v) is 6.20. The summed E-state index contributed by atoms with van der Waals surface area (Å²) in [5.74, 6) is 1.71. The number of benzene rings is 1. The number of rotatable bonds is 3. The number of anilines is 1. The number of nitrogens with zero attached hydrogens (tertiary/aromatic N) is 1. The Morgan fingerprint density at radius 2 is 2.29 bits per heavy atom. The van der Waals surface area contributed by atoms with Gasteiger partial charge in [0.2, 0.25) is 5.91 Å². The second-order valence-electron chi connectivity index (χ2n) is 4.38. The van der Waals surface area contributed by atoms with Gasteiger partial charge in [0, 0.05) is 24.9 Å². The first-order valence-electron chi connectivity index (χ1n) is 5.66.